The number of morpholine rings is 1. The molecule has 1 amide bonds. The molecule has 0 bridgehead atoms. The number of amides is 1. The molecule has 1 aromatic heterocycles. The third-order valence-electron chi connectivity index (χ3n) is 3.26. The number of nitrogens with zero attached hydrogens (tertiary/aromatic N) is 1. The van der Waals surface area contributed by atoms with Crippen LogP contribution in [0, 0.1) is 5.82 Å². The Morgan fingerprint density at radius 3 is 2.78 bits per heavy atom. The standard InChI is InChI=1S/C16H16FN3O3/c17-11-1-4-13(5-2-11)23-15-6-3-12(9-19-15)20-16(21)14-10-18-7-8-22-14/h1-6,9,14,18H,7-8,10H2,(H,20,21). The minimum Gasteiger partial charge on any atom is -0.439 e. The molecule has 2 heterocycles. The normalized spacial score (nSPS) is 17.5. The Kier molecular flexibility index (Phi) is 4.80. The van der Waals surface area contributed by atoms with E-state index in [0.717, 1.165) is 6.54 Å². The van der Waals surface area contributed by atoms with Crippen LogP contribution in [0.3, 0.4) is 0 Å². The van der Waals surface area contributed by atoms with Crippen molar-refractivity contribution in [2.75, 3.05) is 25.0 Å². The highest BCUT2D eigenvalue weighted by Gasteiger charge is 2.21. The third-order valence-corrected chi connectivity index (χ3v) is 3.26. The van der Waals surface area contributed by atoms with Crippen molar-refractivity contribution in [2.45, 2.75) is 6.10 Å². The summed E-state index contributed by atoms with van der Waals surface area (Å²) in [5.74, 6) is 0.288. The molecule has 0 radical (unpaired) electrons. The highest BCUT2D eigenvalue weighted by atomic mass is 19.1. The summed E-state index contributed by atoms with van der Waals surface area (Å²) in [6.45, 7) is 1.76. The number of benzene rings is 1. The first-order valence-electron chi connectivity index (χ1n) is 7.23. The number of hydrogen-bond donors (Lipinski definition) is 2. The van der Waals surface area contributed by atoms with Crippen LogP contribution in [0.1, 0.15) is 0 Å². The van der Waals surface area contributed by atoms with Crippen molar-refractivity contribution in [2.24, 2.45) is 0 Å². The number of ether oxygens (including phenoxy) is 2. The molecule has 0 spiro atoms. The van der Waals surface area contributed by atoms with Crippen molar-refractivity contribution in [1.29, 1.82) is 0 Å². The van der Waals surface area contributed by atoms with Gasteiger partial charge in [-0.05, 0) is 30.3 Å². The molecule has 1 unspecified atom stereocenters. The Labute approximate surface area is 132 Å². The van der Waals surface area contributed by atoms with Crippen molar-refractivity contribution in [1.82, 2.24) is 10.3 Å². The summed E-state index contributed by atoms with van der Waals surface area (Å²) < 4.78 is 23.7. The molecule has 1 aliphatic rings. The third kappa shape index (κ3) is 4.24. The molecule has 2 N–H and O–H groups in total. The predicted molar refractivity (Wildman–Crippen MR) is 82.0 cm³/mol. The SMILES string of the molecule is O=C(Nc1ccc(Oc2ccc(F)cc2)nc1)C1CNCCO1. The second-order valence-electron chi connectivity index (χ2n) is 4.99. The Bertz CT molecular complexity index is 655. The molecule has 3 rings (SSSR count). The number of pyridine rings is 1. The lowest BCUT2D eigenvalue weighted by molar-refractivity contribution is -0.128. The van der Waals surface area contributed by atoms with E-state index in [1.807, 2.05) is 0 Å². The van der Waals surface area contributed by atoms with Crippen molar-refractivity contribution in [3.8, 4) is 11.6 Å². The van der Waals surface area contributed by atoms with Gasteiger partial charge in [-0.15, -0.1) is 0 Å². The number of carbonyl (C=O) groups is 1. The zero-order chi connectivity index (χ0) is 16.1. The molecule has 1 saturated heterocycles. The summed E-state index contributed by atoms with van der Waals surface area (Å²) in [7, 11) is 0. The van der Waals surface area contributed by atoms with Crippen LogP contribution in [0.15, 0.2) is 42.6 Å². The smallest absolute Gasteiger partial charge is 0.254 e. The summed E-state index contributed by atoms with van der Waals surface area (Å²) in [6.07, 6.45) is 0.992. The van der Waals surface area contributed by atoms with Gasteiger partial charge in [0.25, 0.3) is 5.91 Å². The van der Waals surface area contributed by atoms with Crippen LogP contribution >= 0.6 is 0 Å². The summed E-state index contributed by atoms with van der Waals surface area (Å²) in [6, 6.07) is 8.95. The molecule has 1 fully saturated rings. The molecule has 6 nitrogen and oxygen atoms in total. The van der Waals surface area contributed by atoms with E-state index in [1.165, 1.54) is 30.5 Å². The van der Waals surface area contributed by atoms with Gasteiger partial charge in [0.15, 0.2) is 0 Å². The first kappa shape index (κ1) is 15.4. The molecule has 0 saturated carbocycles. The van der Waals surface area contributed by atoms with E-state index < -0.39 is 6.10 Å². The lowest BCUT2D eigenvalue weighted by Crippen LogP contribution is -2.45. The maximum atomic E-state index is 12.8. The number of anilines is 1. The lowest BCUT2D eigenvalue weighted by Gasteiger charge is -2.22. The van der Waals surface area contributed by atoms with Gasteiger partial charge in [-0.2, -0.15) is 0 Å². The fourth-order valence-electron chi connectivity index (χ4n) is 2.09. The van der Waals surface area contributed by atoms with Crippen molar-refractivity contribution < 1.29 is 18.7 Å². The predicted octanol–water partition coefficient (Wildman–Crippen LogP) is 1.94. The van der Waals surface area contributed by atoms with E-state index in [2.05, 4.69) is 15.6 Å². The van der Waals surface area contributed by atoms with E-state index in [0.29, 0.717) is 30.5 Å². The summed E-state index contributed by atoms with van der Waals surface area (Å²) in [5.41, 5.74) is 0.552. The van der Waals surface area contributed by atoms with E-state index in [4.69, 9.17) is 9.47 Å². The van der Waals surface area contributed by atoms with Gasteiger partial charge >= 0.3 is 0 Å². The molecule has 1 atom stereocenters. The highest BCUT2D eigenvalue weighted by molar-refractivity contribution is 5.94. The topological polar surface area (TPSA) is 72.5 Å². The van der Waals surface area contributed by atoms with Crippen LogP contribution in [0.25, 0.3) is 0 Å². The number of aromatic nitrogens is 1. The van der Waals surface area contributed by atoms with Crippen LogP contribution in [0.5, 0.6) is 11.6 Å². The van der Waals surface area contributed by atoms with Crippen LogP contribution < -0.4 is 15.4 Å². The van der Waals surface area contributed by atoms with Gasteiger partial charge in [0.2, 0.25) is 5.88 Å². The quantitative estimate of drug-likeness (QED) is 0.901. The average molecular weight is 317 g/mol. The summed E-state index contributed by atoms with van der Waals surface area (Å²) in [5, 5.41) is 5.83. The number of hydrogen-bond acceptors (Lipinski definition) is 5. The summed E-state index contributed by atoms with van der Waals surface area (Å²) in [4.78, 5) is 16.1. The van der Waals surface area contributed by atoms with E-state index in [-0.39, 0.29) is 11.7 Å². The maximum Gasteiger partial charge on any atom is 0.254 e. The van der Waals surface area contributed by atoms with Gasteiger partial charge in [-0.3, -0.25) is 4.79 Å². The molecular weight excluding hydrogens is 301 g/mol. The number of nitrogens with one attached hydrogen (secondary N) is 2. The van der Waals surface area contributed by atoms with E-state index in [1.54, 1.807) is 12.1 Å². The molecule has 1 aliphatic heterocycles. The largest absolute Gasteiger partial charge is 0.439 e. The minimum atomic E-state index is -0.501. The zero-order valence-corrected chi connectivity index (χ0v) is 12.3. The van der Waals surface area contributed by atoms with E-state index >= 15 is 0 Å². The average Bonchev–Trinajstić information content (AvgIpc) is 2.59. The molecule has 23 heavy (non-hydrogen) atoms. The molecule has 0 aliphatic carbocycles. The fourth-order valence-corrected chi connectivity index (χ4v) is 2.09. The molecular formula is C16H16FN3O3. The van der Waals surface area contributed by atoms with Gasteiger partial charge in [-0.25, -0.2) is 9.37 Å². The van der Waals surface area contributed by atoms with Gasteiger partial charge in [0, 0.05) is 19.2 Å². The van der Waals surface area contributed by atoms with Crippen LogP contribution in [-0.2, 0) is 9.53 Å². The minimum absolute atomic E-state index is 0.216. The summed E-state index contributed by atoms with van der Waals surface area (Å²) >= 11 is 0. The second-order valence-corrected chi connectivity index (χ2v) is 4.99. The van der Waals surface area contributed by atoms with Crippen molar-refractivity contribution in [3.63, 3.8) is 0 Å². The Morgan fingerprint density at radius 2 is 2.13 bits per heavy atom. The van der Waals surface area contributed by atoms with Crippen LogP contribution in [0.4, 0.5) is 10.1 Å². The van der Waals surface area contributed by atoms with Crippen molar-refractivity contribution in [3.05, 3.63) is 48.4 Å². The number of halogens is 1. The van der Waals surface area contributed by atoms with Crippen LogP contribution in [0.2, 0.25) is 0 Å². The van der Waals surface area contributed by atoms with Gasteiger partial charge < -0.3 is 20.1 Å². The Hall–Kier alpha value is -2.51. The Balaban J connectivity index is 1.58. The first-order chi connectivity index (χ1) is 11.2. The molecule has 1 aromatic carbocycles. The monoisotopic (exact) mass is 317 g/mol. The Morgan fingerprint density at radius 1 is 1.30 bits per heavy atom. The molecule has 120 valence electrons. The van der Waals surface area contributed by atoms with Crippen LogP contribution in [-0.4, -0.2) is 36.7 Å². The number of rotatable bonds is 4. The molecule has 7 heteroatoms. The first-order valence-corrected chi connectivity index (χ1v) is 7.23. The fraction of sp³-hybridized carbons (Fsp3) is 0.250. The lowest BCUT2D eigenvalue weighted by atomic mass is 10.3. The van der Waals surface area contributed by atoms with Gasteiger partial charge in [0.05, 0.1) is 18.5 Å². The van der Waals surface area contributed by atoms with Crippen molar-refractivity contribution >= 4 is 11.6 Å². The zero-order valence-electron chi connectivity index (χ0n) is 12.3. The molecule has 2 aromatic rings. The highest BCUT2D eigenvalue weighted by Crippen LogP contribution is 2.20. The second kappa shape index (κ2) is 7.17. The van der Waals surface area contributed by atoms with Gasteiger partial charge in [0.1, 0.15) is 17.7 Å². The van der Waals surface area contributed by atoms with Gasteiger partial charge in [-0.1, -0.05) is 0 Å². The maximum absolute atomic E-state index is 12.8. The van der Waals surface area contributed by atoms with E-state index in [9.17, 15) is 9.18 Å². The number of carbonyl (C=O) groups excluding carboxylic acids is 1.